The number of hydrogen-bond donors (Lipinski definition) is 5. The van der Waals surface area contributed by atoms with Crippen LogP contribution in [0.2, 0.25) is 0 Å². The molecule has 2 aromatic rings. The van der Waals surface area contributed by atoms with Crippen molar-refractivity contribution in [1.82, 2.24) is 8.61 Å². The van der Waals surface area contributed by atoms with E-state index in [9.17, 15) is 37.0 Å². The fourth-order valence-electron chi connectivity index (χ4n) is 4.53. The Morgan fingerprint density at radius 3 is 1.83 bits per heavy atom. The van der Waals surface area contributed by atoms with Crippen molar-refractivity contribution in [1.29, 1.82) is 0 Å². The number of aliphatic hydroxyl groups is 2. The molecule has 228 valence electrons. The van der Waals surface area contributed by atoms with E-state index in [1.54, 1.807) is 42.5 Å². The van der Waals surface area contributed by atoms with Gasteiger partial charge in [0.05, 0.1) is 29.6 Å². The van der Waals surface area contributed by atoms with Crippen LogP contribution in [-0.2, 0) is 21.3 Å². The van der Waals surface area contributed by atoms with Gasteiger partial charge >= 0.3 is 0 Å². The lowest BCUT2D eigenvalue weighted by Gasteiger charge is -2.26. The number of carbonyl (C=O) groups excluding carboxylic acids is 2. The zero-order valence-corrected chi connectivity index (χ0v) is 24.9. The molecule has 0 spiro atoms. The molecule has 0 amide bonds. The number of ketones is 2. The van der Waals surface area contributed by atoms with Crippen molar-refractivity contribution in [2.45, 2.75) is 18.6 Å². The Balaban J connectivity index is 1.87. The van der Waals surface area contributed by atoms with Crippen molar-refractivity contribution in [2.75, 3.05) is 56.2 Å². The number of nitrogens with zero attached hydrogens (tertiary/aromatic N) is 2. The highest BCUT2D eigenvalue weighted by Crippen LogP contribution is 2.36. The second kappa shape index (κ2) is 14.8. The molecule has 0 bridgehead atoms. The molecule has 1 aliphatic rings. The van der Waals surface area contributed by atoms with Gasteiger partial charge < -0.3 is 20.8 Å². The highest BCUT2D eigenvalue weighted by atomic mass is 32.2. The number of benzene rings is 2. The number of carbonyl (C=O) groups is 2. The Morgan fingerprint density at radius 1 is 0.905 bits per heavy atom. The normalized spacial score (nSPS) is 15.1. The minimum atomic E-state index is -3.60. The maximum absolute atomic E-state index is 13.6. The molecule has 42 heavy (non-hydrogen) atoms. The van der Waals surface area contributed by atoms with Crippen LogP contribution < -0.4 is 10.6 Å². The van der Waals surface area contributed by atoms with E-state index < -0.39 is 45.1 Å². The summed E-state index contributed by atoms with van der Waals surface area (Å²) in [6.07, 6.45) is 2.23. The topological polar surface area (TPSA) is 177 Å². The third-order valence-electron chi connectivity index (χ3n) is 6.57. The van der Waals surface area contributed by atoms with Gasteiger partial charge in [0.25, 0.3) is 0 Å². The number of anilines is 2. The van der Waals surface area contributed by atoms with Crippen molar-refractivity contribution in [3.05, 3.63) is 84.0 Å². The van der Waals surface area contributed by atoms with E-state index in [0.29, 0.717) is 6.42 Å². The van der Waals surface area contributed by atoms with Crippen LogP contribution in [0, 0.1) is 0 Å². The molecule has 1 unspecified atom stereocenters. The molecule has 3 rings (SSSR count). The van der Waals surface area contributed by atoms with E-state index >= 15 is 0 Å². The lowest BCUT2D eigenvalue weighted by molar-refractivity contribution is 0.0980. The first kappa shape index (κ1) is 33.3. The Hall–Kier alpha value is -3.24. The quantitative estimate of drug-likeness (QED) is 0.110. The predicted octanol–water partition coefficient (Wildman–Crippen LogP) is 1.47. The fourth-order valence-corrected chi connectivity index (χ4v) is 5.91. The third kappa shape index (κ3) is 8.19. The van der Waals surface area contributed by atoms with E-state index in [-0.39, 0.29) is 72.9 Å². The molecule has 3 atom stereocenters. The zero-order chi connectivity index (χ0) is 31.0. The Bertz CT molecular complexity index is 1460. The van der Waals surface area contributed by atoms with E-state index in [4.69, 9.17) is 0 Å². The Kier molecular flexibility index (Phi) is 11.7. The number of nitrogens with one attached hydrogen (secondary N) is 2. The molecule has 0 fully saturated rings. The highest BCUT2D eigenvalue weighted by molar-refractivity contribution is 7.88. The molecule has 0 saturated heterocycles. The monoisotopic (exact) mass is 620 g/mol. The van der Waals surface area contributed by atoms with Gasteiger partial charge in [-0.3, -0.25) is 14.1 Å². The van der Waals surface area contributed by atoms with E-state index in [1.165, 1.54) is 10.4 Å². The van der Waals surface area contributed by atoms with Crippen LogP contribution >= 0.6 is 0 Å². The molecule has 12 nitrogen and oxygen atoms in total. The molecule has 0 aliphatic heterocycles. The van der Waals surface area contributed by atoms with Crippen molar-refractivity contribution >= 4 is 44.2 Å². The van der Waals surface area contributed by atoms with Crippen LogP contribution in [0.25, 0.3) is 0 Å². The summed E-state index contributed by atoms with van der Waals surface area (Å²) in [5, 5.41) is 27.1. The summed E-state index contributed by atoms with van der Waals surface area (Å²) in [7, 11) is -3.60. The number of hydrogen-bond acceptors (Lipinski definition) is 9. The second-order valence-electron chi connectivity index (χ2n) is 9.75. The fraction of sp³-hybridized carbons (Fsp3) is 0.357. The largest absolute Gasteiger partial charge is 0.390 e. The van der Waals surface area contributed by atoms with Gasteiger partial charge in [-0.25, -0.2) is 12.6 Å². The van der Waals surface area contributed by atoms with Crippen molar-refractivity contribution in [3.8, 4) is 0 Å². The minimum absolute atomic E-state index is 0.0154. The van der Waals surface area contributed by atoms with E-state index in [0.717, 1.165) is 10.6 Å². The molecule has 14 heteroatoms. The number of fused-ring (bicyclic) bond motifs is 2. The Labute approximate surface area is 248 Å². The van der Waals surface area contributed by atoms with Gasteiger partial charge in [0.15, 0.2) is 11.6 Å². The SMILES string of the molecule is C=CCCN(C[C@@H](O)CNc1ccc(NC[C@@H](O)CN(CC=C)S(C)(=O)=O)c2c1C(=O)c1ccccc1C2=O)S(=O)O. The van der Waals surface area contributed by atoms with Crippen LogP contribution in [-0.4, -0.2) is 105 Å². The maximum Gasteiger partial charge on any atom is 0.234 e. The molecule has 0 heterocycles. The molecule has 0 radical (unpaired) electrons. The predicted molar refractivity (Wildman–Crippen MR) is 163 cm³/mol. The van der Waals surface area contributed by atoms with E-state index in [1.807, 2.05) is 0 Å². The van der Waals surface area contributed by atoms with Gasteiger partial charge in [0.2, 0.25) is 21.3 Å². The lowest BCUT2D eigenvalue weighted by atomic mass is 9.82. The first-order chi connectivity index (χ1) is 19.9. The van der Waals surface area contributed by atoms with Crippen LogP contribution in [0.5, 0.6) is 0 Å². The van der Waals surface area contributed by atoms with Gasteiger partial charge in [-0.15, -0.1) is 13.2 Å². The van der Waals surface area contributed by atoms with Crippen molar-refractivity contribution in [3.63, 3.8) is 0 Å². The number of aliphatic hydroxyl groups excluding tert-OH is 2. The average Bonchev–Trinajstić information content (AvgIpc) is 2.94. The van der Waals surface area contributed by atoms with Crippen LogP contribution in [0.4, 0.5) is 11.4 Å². The zero-order valence-electron chi connectivity index (χ0n) is 23.2. The second-order valence-corrected chi connectivity index (χ2v) is 12.7. The van der Waals surface area contributed by atoms with Crippen LogP contribution in [0.1, 0.15) is 38.3 Å². The Morgan fingerprint density at radius 2 is 1.40 bits per heavy atom. The third-order valence-corrected chi connectivity index (χ3v) is 8.58. The number of sulfonamides is 1. The van der Waals surface area contributed by atoms with Crippen molar-refractivity contribution < 1.29 is 37.0 Å². The standard InChI is InChI=1S/C28H36N4O8S2/c1-4-6-14-31(41(37)38)17-19(33)15-29-23-11-12-24(30-16-20(34)18-32(13-5-2)42(3,39)40)26-25(23)27(35)21-9-7-8-10-22(21)28(26)36/h4-5,7-12,19-20,29-30,33-34H,1-2,6,13-18H2,3H3,(H,37,38)/t19-,20+/m0/s1. The van der Waals surface area contributed by atoms with Gasteiger partial charge in [-0.2, -0.15) is 8.61 Å². The summed E-state index contributed by atoms with van der Waals surface area (Å²) in [6.45, 7) is 6.80. The first-order valence-corrected chi connectivity index (χ1v) is 16.0. The smallest absolute Gasteiger partial charge is 0.234 e. The van der Waals surface area contributed by atoms with Gasteiger partial charge in [0.1, 0.15) is 0 Å². The van der Waals surface area contributed by atoms with Crippen LogP contribution in [0.15, 0.2) is 61.7 Å². The summed E-state index contributed by atoms with van der Waals surface area (Å²) in [6, 6.07) is 9.50. The van der Waals surface area contributed by atoms with Gasteiger partial charge in [0, 0.05) is 61.8 Å². The lowest BCUT2D eigenvalue weighted by Crippen LogP contribution is -2.39. The summed E-state index contributed by atoms with van der Waals surface area (Å²) in [4.78, 5) is 27.2. The summed E-state index contributed by atoms with van der Waals surface area (Å²) in [5.74, 6) is -0.836. The summed E-state index contributed by atoms with van der Waals surface area (Å²) >= 11 is -2.30. The molecule has 2 aromatic carbocycles. The minimum Gasteiger partial charge on any atom is -0.390 e. The molecule has 5 N–H and O–H groups in total. The highest BCUT2D eigenvalue weighted by Gasteiger charge is 2.34. The molecular weight excluding hydrogens is 584 g/mol. The first-order valence-electron chi connectivity index (χ1n) is 13.1. The molecule has 1 aliphatic carbocycles. The summed E-state index contributed by atoms with van der Waals surface area (Å²) in [5.41, 5.74) is 1.12. The molecule has 0 saturated carbocycles. The van der Waals surface area contributed by atoms with Gasteiger partial charge in [-0.05, 0) is 18.6 Å². The molecular formula is C28H36N4O8S2. The van der Waals surface area contributed by atoms with E-state index in [2.05, 4.69) is 23.8 Å². The van der Waals surface area contributed by atoms with Crippen molar-refractivity contribution in [2.24, 2.45) is 0 Å². The van der Waals surface area contributed by atoms with Gasteiger partial charge in [-0.1, -0.05) is 36.4 Å². The van der Waals surface area contributed by atoms with Crippen LogP contribution in [0.3, 0.4) is 0 Å². The average molecular weight is 621 g/mol. The molecule has 0 aromatic heterocycles. The summed E-state index contributed by atoms with van der Waals surface area (Å²) < 4.78 is 47.4. The maximum atomic E-state index is 13.6. The number of rotatable bonds is 17.